The lowest BCUT2D eigenvalue weighted by Crippen LogP contribution is -2.41. The number of piperidine rings is 1. The zero-order chi connectivity index (χ0) is 25.2. The van der Waals surface area contributed by atoms with Crippen LogP contribution in [-0.2, 0) is 4.79 Å². The third kappa shape index (κ3) is 4.79. The standard InChI is InChI=1S/C28H29N5O3/c1-18-9-10-23(19(2)15-18)26-24(17-33(30-26)22-7-5-4-6-8-22)28(35)32-13-11-21(12-14-32)27(34)29-25-16-20(3)36-31-25/h4-10,15-17,21H,11-14H2,1-3H3,(H,29,31,34). The van der Waals surface area contributed by atoms with Gasteiger partial charge in [-0.05, 0) is 51.3 Å². The minimum atomic E-state index is -0.183. The fourth-order valence-electron chi connectivity index (χ4n) is 4.69. The van der Waals surface area contributed by atoms with Crippen LogP contribution in [0.2, 0.25) is 0 Å². The fourth-order valence-corrected chi connectivity index (χ4v) is 4.69. The lowest BCUT2D eigenvalue weighted by Gasteiger charge is -2.31. The lowest BCUT2D eigenvalue weighted by atomic mass is 9.95. The number of carbonyl (C=O) groups excluding carboxylic acids is 2. The van der Waals surface area contributed by atoms with Gasteiger partial charge in [0, 0.05) is 36.8 Å². The molecule has 0 bridgehead atoms. The van der Waals surface area contributed by atoms with E-state index in [2.05, 4.69) is 23.5 Å². The molecule has 4 aromatic rings. The highest BCUT2D eigenvalue weighted by Gasteiger charge is 2.30. The van der Waals surface area contributed by atoms with E-state index in [-0.39, 0.29) is 17.7 Å². The minimum Gasteiger partial charge on any atom is -0.360 e. The molecule has 184 valence electrons. The number of rotatable bonds is 5. The number of aryl methyl sites for hydroxylation is 3. The molecular weight excluding hydrogens is 454 g/mol. The predicted octanol–water partition coefficient (Wildman–Crippen LogP) is 4.94. The summed E-state index contributed by atoms with van der Waals surface area (Å²) in [4.78, 5) is 28.2. The van der Waals surface area contributed by atoms with Crippen LogP contribution < -0.4 is 5.32 Å². The summed E-state index contributed by atoms with van der Waals surface area (Å²) in [6.45, 7) is 6.86. The number of nitrogens with one attached hydrogen (secondary N) is 1. The van der Waals surface area contributed by atoms with Gasteiger partial charge >= 0.3 is 0 Å². The zero-order valence-corrected chi connectivity index (χ0v) is 20.7. The summed E-state index contributed by atoms with van der Waals surface area (Å²) in [5, 5.41) is 11.5. The fraction of sp³-hybridized carbons (Fsp3) is 0.286. The van der Waals surface area contributed by atoms with E-state index >= 15 is 0 Å². The highest BCUT2D eigenvalue weighted by molar-refractivity contribution is 6.00. The molecule has 0 radical (unpaired) electrons. The molecule has 0 atom stereocenters. The molecule has 1 saturated heterocycles. The van der Waals surface area contributed by atoms with Crippen molar-refractivity contribution in [2.75, 3.05) is 18.4 Å². The van der Waals surface area contributed by atoms with E-state index in [0.717, 1.165) is 22.4 Å². The highest BCUT2D eigenvalue weighted by atomic mass is 16.5. The smallest absolute Gasteiger partial charge is 0.257 e. The molecule has 2 aromatic carbocycles. The Kier molecular flexibility index (Phi) is 6.41. The average molecular weight is 484 g/mol. The van der Waals surface area contributed by atoms with Crippen LogP contribution in [0.15, 0.2) is 65.3 Å². The number of likely N-dealkylation sites (tertiary alicyclic amines) is 1. The molecule has 2 aromatic heterocycles. The van der Waals surface area contributed by atoms with Gasteiger partial charge in [-0.2, -0.15) is 5.10 Å². The molecule has 36 heavy (non-hydrogen) atoms. The van der Waals surface area contributed by atoms with Crippen molar-refractivity contribution in [1.29, 1.82) is 0 Å². The molecule has 1 aliphatic rings. The molecule has 8 nitrogen and oxygen atoms in total. The quantitative estimate of drug-likeness (QED) is 0.434. The molecule has 8 heteroatoms. The molecule has 1 aliphatic heterocycles. The second-order valence-corrected chi connectivity index (χ2v) is 9.37. The van der Waals surface area contributed by atoms with Gasteiger partial charge in [0.05, 0.1) is 11.3 Å². The largest absolute Gasteiger partial charge is 0.360 e. The van der Waals surface area contributed by atoms with E-state index in [9.17, 15) is 9.59 Å². The molecule has 5 rings (SSSR count). The number of hydrogen-bond acceptors (Lipinski definition) is 5. The number of nitrogens with zero attached hydrogens (tertiary/aromatic N) is 4. The van der Waals surface area contributed by atoms with Gasteiger partial charge in [-0.15, -0.1) is 0 Å². The van der Waals surface area contributed by atoms with E-state index in [1.807, 2.05) is 60.5 Å². The summed E-state index contributed by atoms with van der Waals surface area (Å²) >= 11 is 0. The topological polar surface area (TPSA) is 93.3 Å². The van der Waals surface area contributed by atoms with E-state index < -0.39 is 0 Å². The summed E-state index contributed by atoms with van der Waals surface area (Å²) in [6.07, 6.45) is 2.98. The Balaban J connectivity index is 1.37. The summed E-state index contributed by atoms with van der Waals surface area (Å²) in [7, 11) is 0. The lowest BCUT2D eigenvalue weighted by molar-refractivity contribution is -0.121. The average Bonchev–Trinajstić information content (AvgIpc) is 3.50. The second kappa shape index (κ2) is 9.81. The number of carbonyl (C=O) groups is 2. The van der Waals surface area contributed by atoms with Crippen molar-refractivity contribution in [3.05, 3.63) is 83.2 Å². The Hall–Kier alpha value is -4.20. The third-order valence-electron chi connectivity index (χ3n) is 6.63. The maximum absolute atomic E-state index is 13.7. The Morgan fingerprint density at radius 3 is 2.42 bits per heavy atom. The normalized spacial score (nSPS) is 14.1. The number of amides is 2. The predicted molar refractivity (Wildman–Crippen MR) is 137 cm³/mol. The maximum atomic E-state index is 13.7. The molecule has 0 unspecified atom stereocenters. The van der Waals surface area contributed by atoms with Crippen molar-refractivity contribution < 1.29 is 14.1 Å². The number of benzene rings is 2. The van der Waals surface area contributed by atoms with E-state index in [1.165, 1.54) is 0 Å². The molecular formula is C28H29N5O3. The summed E-state index contributed by atoms with van der Waals surface area (Å²) in [5.41, 5.74) is 5.29. The van der Waals surface area contributed by atoms with Crippen molar-refractivity contribution in [3.8, 4) is 16.9 Å². The van der Waals surface area contributed by atoms with Gasteiger partial charge in [0.15, 0.2) is 5.82 Å². The molecule has 1 N–H and O–H groups in total. The van der Waals surface area contributed by atoms with Crippen molar-refractivity contribution in [2.24, 2.45) is 5.92 Å². The SMILES string of the molecule is Cc1ccc(-c2nn(-c3ccccc3)cc2C(=O)N2CCC(C(=O)Nc3cc(C)on3)CC2)c(C)c1. The molecule has 0 aliphatic carbocycles. The number of anilines is 1. The van der Waals surface area contributed by atoms with Gasteiger partial charge in [0.1, 0.15) is 11.5 Å². The van der Waals surface area contributed by atoms with Gasteiger partial charge in [0.25, 0.3) is 5.91 Å². The van der Waals surface area contributed by atoms with Gasteiger partial charge in [-0.25, -0.2) is 4.68 Å². The Labute approximate surface area is 209 Å². The van der Waals surface area contributed by atoms with E-state index in [1.54, 1.807) is 17.7 Å². The van der Waals surface area contributed by atoms with Crippen LogP contribution in [0.4, 0.5) is 5.82 Å². The van der Waals surface area contributed by atoms with Gasteiger partial charge in [-0.3, -0.25) is 9.59 Å². The third-order valence-corrected chi connectivity index (χ3v) is 6.63. The van der Waals surface area contributed by atoms with Gasteiger partial charge in [-0.1, -0.05) is 47.1 Å². The molecule has 1 fully saturated rings. The first-order valence-electron chi connectivity index (χ1n) is 12.1. The van der Waals surface area contributed by atoms with Crippen LogP contribution in [0.25, 0.3) is 16.9 Å². The van der Waals surface area contributed by atoms with Crippen molar-refractivity contribution in [2.45, 2.75) is 33.6 Å². The van der Waals surface area contributed by atoms with Crippen LogP contribution in [0.1, 0.15) is 40.1 Å². The van der Waals surface area contributed by atoms with Crippen LogP contribution >= 0.6 is 0 Å². The first-order valence-corrected chi connectivity index (χ1v) is 12.1. The Morgan fingerprint density at radius 1 is 1.00 bits per heavy atom. The zero-order valence-electron chi connectivity index (χ0n) is 20.7. The van der Waals surface area contributed by atoms with Crippen molar-refractivity contribution in [1.82, 2.24) is 19.8 Å². The van der Waals surface area contributed by atoms with Crippen LogP contribution in [0.5, 0.6) is 0 Å². The molecule has 0 saturated carbocycles. The molecule has 3 heterocycles. The first kappa shape index (κ1) is 23.5. The van der Waals surface area contributed by atoms with Crippen LogP contribution in [0.3, 0.4) is 0 Å². The number of aromatic nitrogens is 3. The Morgan fingerprint density at radius 2 is 1.75 bits per heavy atom. The van der Waals surface area contributed by atoms with Gasteiger partial charge in [0.2, 0.25) is 5.91 Å². The molecule has 0 spiro atoms. The Bertz CT molecular complexity index is 1400. The van der Waals surface area contributed by atoms with Crippen LogP contribution in [0, 0.1) is 26.7 Å². The summed E-state index contributed by atoms with van der Waals surface area (Å²) in [6, 6.07) is 17.6. The number of para-hydroxylation sites is 1. The highest BCUT2D eigenvalue weighted by Crippen LogP contribution is 2.30. The number of hydrogen-bond donors (Lipinski definition) is 1. The first-order chi connectivity index (χ1) is 17.4. The monoisotopic (exact) mass is 483 g/mol. The minimum absolute atomic E-state index is 0.0712. The van der Waals surface area contributed by atoms with Crippen molar-refractivity contribution >= 4 is 17.6 Å². The van der Waals surface area contributed by atoms with Crippen molar-refractivity contribution in [3.63, 3.8) is 0 Å². The summed E-state index contributed by atoms with van der Waals surface area (Å²) in [5.74, 6) is 0.710. The maximum Gasteiger partial charge on any atom is 0.257 e. The molecule has 2 amide bonds. The van der Waals surface area contributed by atoms with Gasteiger partial charge < -0.3 is 14.7 Å². The van der Waals surface area contributed by atoms with E-state index in [4.69, 9.17) is 9.62 Å². The van der Waals surface area contributed by atoms with Crippen LogP contribution in [-0.4, -0.2) is 44.7 Å². The summed E-state index contributed by atoms with van der Waals surface area (Å²) < 4.78 is 6.79. The second-order valence-electron chi connectivity index (χ2n) is 9.37. The van der Waals surface area contributed by atoms with E-state index in [0.29, 0.717) is 48.8 Å².